The van der Waals surface area contributed by atoms with Crippen LogP contribution in [0.2, 0.25) is 0 Å². The SMILES string of the molecule is C[C@H](NC(=O)OC(C)(C)C)C(=O)N[C@H](C(=O)N1CCC[C@H]1c1nc(C(=O)c2cccc(OCCOCCOC=O)c2)cs1)C1CCCCC1. The first kappa shape index (κ1) is 37.8. The highest BCUT2D eigenvalue weighted by Crippen LogP contribution is 2.36. The molecule has 2 heterocycles. The zero-order valence-corrected chi connectivity index (χ0v) is 29.6. The number of ether oxygens (including phenoxy) is 4. The Kier molecular flexibility index (Phi) is 13.9. The molecule has 1 saturated carbocycles. The van der Waals surface area contributed by atoms with E-state index in [9.17, 15) is 24.0 Å². The Labute approximate surface area is 291 Å². The Bertz CT molecular complexity index is 1440. The molecule has 4 rings (SSSR count). The van der Waals surface area contributed by atoms with Crippen molar-refractivity contribution in [1.29, 1.82) is 0 Å². The van der Waals surface area contributed by atoms with Crippen LogP contribution in [0.15, 0.2) is 29.6 Å². The highest BCUT2D eigenvalue weighted by Gasteiger charge is 2.40. The number of carbonyl (C=O) groups excluding carboxylic acids is 5. The van der Waals surface area contributed by atoms with Gasteiger partial charge in [0.1, 0.15) is 47.3 Å². The number of benzene rings is 1. The van der Waals surface area contributed by atoms with E-state index < -0.39 is 29.7 Å². The maximum Gasteiger partial charge on any atom is 0.408 e. The molecule has 0 radical (unpaired) electrons. The number of thiazole rings is 1. The van der Waals surface area contributed by atoms with E-state index in [4.69, 9.17) is 19.2 Å². The van der Waals surface area contributed by atoms with Crippen LogP contribution < -0.4 is 15.4 Å². The van der Waals surface area contributed by atoms with Crippen LogP contribution in [0.5, 0.6) is 5.75 Å². The van der Waals surface area contributed by atoms with Crippen molar-refractivity contribution in [3.8, 4) is 5.75 Å². The van der Waals surface area contributed by atoms with Crippen molar-refractivity contribution >= 4 is 41.5 Å². The number of aromatic nitrogens is 1. The van der Waals surface area contributed by atoms with Gasteiger partial charge in [-0.05, 0) is 71.4 Å². The van der Waals surface area contributed by atoms with E-state index in [0.717, 1.165) is 38.5 Å². The number of alkyl carbamates (subject to hydrolysis) is 1. The molecule has 1 aliphatic heterocycles. The van der Waals surface area contributed by atoms with Gasteiger partial charge in [0.25, 0.3) is 6.47 Å². The number of nitrogens with zero attached hydrogens (tertiary/aromatic N) is 2. The minimum absolute atomic E-state index is 0.0221. The van der Waals surface area contributed by atoms with E-state index >= 15 is 0 Å². The number of nitrogens with one attached hydrogen (secondary N) is 2. The zero-order chi connectivity index (χ0) is 35.4. The van der Waals surface area contributed by atoms with Crippen molar-refractivity contribution in [2.75, 3.05) is 33.0 Å². The molecule has 0 bridgehead atoms. The molecule has 1 aliphatic carbocycles. The lowest BCUT2D eigenvalue weighted by molar-refractivity contribution is -0.139. The fourth-order valence-electron chi connectivity index (χ4n) is 6.04. The van der Waals surface area contributed by atoms with Crippen molar-refractivity contribution in [2.24, 2.45) is 5.92 Å². The predicted octanol–water partition coefficient (Wildman–Crippen LogP) is 4.58. The molecule has 2 aromatic rings. The second-order valence-electron chi connectivity index (χ2n) is 13.3. The Hall–Kier alpha value is -4.04. The van der Waals surface area contributed by atoms with E-state index in [1.807, 2.05) is 0 Å². The van der Waals surface area contributed by atoms with Crippen molar-refractivity contribution in [2.45, 2.75) is 96.4 Å². The average molecular weight is 701 g/mol. The second kappa shape index (κ2) is 18.1. The first-order valence-electron chi connectivity index (χ1n) is 16.9. The lowest BCUT2D eigenvalue weighted by Crippen LogP contribution is -2.56. The fourth-order valence-corrected chi connectivity index (χ4v) is 6.98. The molecule has 2 aliphatic rings. The second-order valence-corrected chi connectivity index (χ2v) is 14.2. The van der Waals surface area contributed by atoms with Gasteiger partial charge in [-0.1, -0.05) is 31.4 Å². The van der Waals surface area contributed by atoms with Crippen molar-refractivity contribution in [3.05, 3.63) is 45.9 Å². The highest BCUT2D eigenvalue weighted by atomic mass is 32.1. The monoisotopic (exact) mass is 700 g/mol. The van der Waals surface area contributed by atoms with Gasteiger partial charge in [0.2, 0.25) is 17.6 Å². The smallest absolute Gasteiger partial charge is 0.408 e. The third-order valence-corrected chi connectivity index (χ3v) is 9.34. The van der Waals surface area contributed by atoms with Gasteiger partial charge in [-0.2, -0.15) is 0 Å². The number of carbonyl (C=O) groups is 5. The van der Waals surface area contributed by atoms with Gasteiger partial charge < -0.3 is 34.5 Å². The van der Waals surface area contributed by atoms with Crippen molar-refractivity contribution in [3.63, 3.8) is 0 Å². The Morgan fingerprint density at radius 1 is 1.02 bits per heavy atom. The van der Waals surface area contributed by atoms with Gasteiger partial charge in [0.05, 0.1) is 19.3 Å². The van der Waals surface area contributed by atoms with E-state index in [1.165, 1.54) is 11.3 Å². The largest absolute Gasteiger partial charge is 0.491 e. The lowest BCUT2D eigenvalue weighted by Gasteiger charge is -2.35. The van der Waals surface area contributed by atoms with Gasteiger partial charge in [-0.25, -0.2) is 9.78 Å². The first-order chi connectivity index (χ1) is 23.5. The number of ketones is 1. The van der Waals surface area contributed by atoms with Gasteiger partial charge in [0.15, 0.2) is 0 Å². The van der Waals surface area contributed by atoms with Gasteiger partial charge >= 0.3 is 6.09 Å². The van der Waals surface area contributed by atoms with E-state index in [1.54, 1.807) is 62.2 Å². The van der Waals surface area contributed by atoms with Gasteiger partial charge in [-0.15, -0.1) is 11.3 Å². The highest BCUT2D eigenvalue weighted by molar-refractivity contribution is 7.10. The summed E-state index contributed by atoms with van der Waals surface area (Å²) in [7, 11) is 0. The van der Waals surface area contributed by atoms with E-state index in [0.29, 0.717) is 42.4 Å². The molecule has 0 spiro atoms. The number of hydrogen-bond acceptors (Lipinski definition) is 11. The summed E-state index contributed by atoms with van der Waals surface area (Å²) in [6, 6.07) is 4.87. The molecule has 49 heavy (non-hydrogen) atoms. The van der Waals surface area contributed by atoms with Crippen LogP contribution >= 0.6 is 11.3 Å². The number of rotatable bonds is 16. The number of likely N-dealkylation sites (tertiary alicyclic amines) is 1. The van der Waals surface area contributed by atoms with Crippen LogP contribution in [0.25, 0.3) is 0 Å². The summed E-state index contributed by atoms with van der Waals surface area (Å²) in [6.45, 7) is 8.67. The molecule has 2 fully saturated rings. The minimum atomic E-state index is -0.901. The minimum Gasteiger partial charge on any atom is -0.491 e. The van der Waals surface area contributed by atoms with Crippen LogP contribution in [-0.4, -0.2) is 90.7 Å². The van der Waals surface area contributed by atoms with Crippen LogP contribution in [-0.2, 0) is 28.6 Å². The summed E-state index contributed by atoms with van der Waals surface area (Å²) in [5.41, 5.74) is -0.00614. The van der Waals surface area contributed by atoms with Crippen LogP contribution in [0.4, 0.5) is 4.79 Å². The predicted molar refractivity (Wildman–Crippen MR) is 181 cm³/mol. The summed E-state index contributed by atoms with van der Waals surface area (Å²) in [4.78, 5) is 69.9. The average Bonchev–Trinajstić information content (AvgIpc) is 3.76. The molecule has 268 valence electrons. The molecule has 0 unspecified atom stereocenters. The number of amides is 3. The van der Waals surface area contributed by atoms with Gasteiger partial charge in [-0.3, -0.25) is 19.2 Å². The topological polar surface area (TPSA) is 162 Å². The Morgan fingerprint density at radius 2 is 1.78 bits per heavy atom. The van der Waals surface area contributed by atoms with E-state index in [-0.39, 0.29) is 49.2 Å². The molecule has 3 atom stereocenters. The maximum atomic E-state index is 14.2. The van der Waals surface area contributed by atoms with Crippen molar-refractivity contribution < 1.29 is 42.9 Å². The van der Waals surface area contributed by atoms with E-state index in [2.05, 4.69) is 15.4 Å². The standard InChI is InChI=1S/C35H48N4O9S/c1-23(36-34(44)48-35(2,3)4)31(42)38-29(24-10-6-5-7-11-24)33(43)39-15-9-14-28(39)32-37-27(21-49-32)30(41)25-12-8-13-26(20-25)47-19-18-45-16-17-46-22-40/h8,12-13,20-24,28-29H,5-7,9-11,14-19H2,1-4H3,(H,36,44)(H,38,42)/t23-,28-,29-/m0/s1. The Morgan fingerprint density at radius 3 is 2.51 bits per heavy atom. The quantitative estimate of drug-likeness (QED) is 0.144. The Balaban J connectivity index is 1.41. The first-order valence-corrected chi connectivity index (χ1v) is 17.8. The van der Waals surface area contributed by atoms with Gasteiger partial charge in [0, 0.05) is 17.5 Å². The third kappa shape index (κ3) is 11.2. The molecule has 13 nitrogen and oxygen atoms in total. The zero-order valence-electron chi connectivity index (χ0n) is 28.7. The molecular formula is C35H48N4O9S. The maximum absolute atomic E-state index is 14.2. The molecule has 1 aromatic carbocycles. The molecule has 14 heteroatoms. The summed E-state index contributed by atoms with van der Waals surface area (Å²) in [6.07, 6.45) is 5.47. The lowest BCUT2D eigenvalue weighted by atomic mass is 9.83. The molecule has 2 N–H and O–H groups in total. The molecule has 3 amide bonds. The summed E-state index contributed by atoms with van der Waals surface area (Å²) < 4.78 is 20.9. The van der Waals surface area contributed by atoms with Crippen LogP contribution in [0, 0.1) is 5.92 Å². The fraction of sp³-hybridized carbons (Fsp3) is 0.600. The molecule has 1 saturated heterocycles. The van der Waals surface area contributed by atoms with Crippen molar-refractivity contribution in [1.82, 2.24) is 20.5 Å². The molecule has 1 aromatic heterocycles. The normalized spacial score (nSPS) is 17.9. The van der Waals surface area contributed by atoms with Crippen LogP contribution in [0.1, 0.15) is 99.7 Å². The third-order valence-electron chi connectivity index (χ3n) is 8.39. The summed E-state index contributed by atoms with van der Waals surface area (Å²) in [5, 5.41) is 7.93. The van der Waals surface area contributed by atoms with Crippen LogP contribution in [0.3, 0.4) is 0 Å². The summed E-state index contributed by atoms with van der Waals surface area (Å²) >= 11 is 1.34. The molecular weight excluding hydrogens is 652 g/mol. The number of hydrogen-bond donors (Lipinski definition) is 2. The summed E-state index contributed by atoms with van der Waals surface area (Å²) in [5.74, 6) is -0.389.